The van der Waals surface area contributed by atoms with E-state index in [-0.39, 0.29) is 18.1 Å². The van der Waals surface area contributed by atoms with E-state index in [9.17, 15) is 4.79 Å². The first-order chi connectivity index (χ1) is 7.83. The molecule has 2 unspecified atom stereocenters. The van der Waals surface area contributed by atoms with Gasteiger partial charge in [0, 0.05) is 12.5 Å². The summed E-state index contributed by atoms with van der Waals surface area (Å²) in [4.78, 5) is 11.6. The Balaban J connectivity index is 2.49. The van der Waals surface area contributed by atoms with Gasteiger partial charge in [-0.25, -0.2) is 0 Å². The maximum atomic E-state index is 11.6. The third kappa shape index (κ3) is 4.28. The average Bonchev–Trinajstić information content (AvgIpc) is 2.09. The van der Waals surface area contributed by atoms with Gasteiger partial charge in [-0.3, -0.25) is 4.79 Å². The lowest BCUT2D eigenvalue weighted by Gasteiger charge is -2.35. The summed E-state index contributed by atoms with van der Waals surface area (Å²) >= 11 is 0. The number of carbonyl (C=O) groups is 1. The molecule has 3 N–H and O–H groups in total. The number of ether oxygens (including phenoxy) is 1. The highest BCUT2D eigenvalue weighted by molar-refractivity contribution is 5.84. The second-order valence-corrected chi connectivity index (χ2v) is 5.70. The molecule has 100 valence electrons. The normalized spacial score (nSPS) is 21.9. The zero-order valence-electron chi connectivity index (χ0n) is 11.5. The molecule has 0 aromatic carbocycles. The lowest BCUT2D eigenvalue weighted by atomic mass is 9.91. The van der Waals surface area contributed by atoms with Crippen LogP contribution in [-0.4, -0.2) is 29.7 Å². The van der Waals surface area contributed by atoms with Crippen LogP contribution in [-0.2, 0) is 9.53 Å². The van der Waals surface area contributed by atoms with Crippen LogP contribution in [0.2, 0.25) is 0 Å². The first-order valence-corrected chi connectivity index (χ1v) is 6.56. The molecule has 0 radical (unpaired) electrons. The van der Waals surface area contributed by atoms with E-state index in [0.29, 0.717) is 12.5 Å². The van der Waals surface area contributed by atoms with E-state index in [1.165, 1.54) is 6.42 Å². The van der Waals surface area contributed by atoms with E-state index in [0.717, 1.165) is 12.8 Å². The molecule has 1 fully saturated rings. The first-order valence-electron chi connectivity index (χ1n) is 6.56. The van der Waals surface area contributed by atoms with Gasteiger partial charge in [0.05, 0.1) is 17.7 Å². The molecule has 0 saturated heterocycles. The van der Waals surface area contributed by atoms with Gasteiger partial charge in [-0.1, -0.05) is 0 Å². The highest BCUT2D eigenvalue weighted by Crippen LogP contribution is 2.25. The minimum atomic E-state index is -0.683. The molecule has 0 aromatic rings. The highest BCUT2D eigenvalue weighted by atomic mass is 16.5. The van der Waals surface area contributed by atoms with Crippen LogP contribution in [0.3, 0.4) is 0 Å². The Morgan fingerprint density at radius 1 is 1.47 bits per heavy atom. The molecular weight excluding hydrogens is 216 g/mol. The van der Waals surface area contributed by atoms with E-state index < -0.39 is 5.54 Å². The van der Waals surface area contributed by atoms with E-state index in [1.54, 1.807) is 0 Å². The van der Waals surface area contributed by atoms with Gasteiger partial charge in [0.15, 0.2) is 0 Å². The van der Waals surface area contributed by atoms with Crippen molar-refractivity contribution < 1.29 is 9.53 Å². The van der Waals surface area contributed by atoms with Gasteiger partial charge in [-0.2, -0.15) is 0 Å². The quantitative estimate of drug-likeness (QED) is 0.712. The van der Waals surface area contributed by atoms with Crippen LogP contribution < -0.4 is 11.1 Å². The van der Waals surface area contributed by atoms with E-state index in [4.69, 9.17) is 10.5 Å². The summed E-state index contributed by atoms with van der Waals surface area (Å²) in [5, 5.41) is 3.24. The molecule has 0 aliphatic heterocycles. The fourth-order valence-electron chi connectivity index (χ4n) is 2.33. The van der Waals surface area contributed by atoms with Crippen LogP contribution in [0.1, 0.15) is 53.4 Å². The molecule has 1 rings (SSSR count). The smallest absolute Gasteiger partial charge is 0.237 e. The van der Waals surface area contributed by atoms with Crippen LogP contribution in [0.4, 0.5) is 0 Å². The number of nitrogens with one attached hydrogen (secondary N) is 1. The maximum Gasteiger partial charge on any atom is 0.237 e. The number of carbonyl (C=O) groups excluding carboxylic acids is 1. The number of amides is 1. The summed E-state index contributed by atoms with van der Waals surface area (Å²) in [7, 11) is 0. The summed E-state index contributed by atoms with van der Waals surface area (Å²) in [5.41, 5.74) is 4.80. The summed E-state index contributed by atoms with van der Waals surface area (Å²) in [6.07, 6.45) is 4.63. The standard InChI is InChI=1S/C13H26N2O2/c1-9(2)15-13(4,12(14)16)8-10(3)17-11-6-5-7-11/h9-11,15H,5-8H2,1-4H3,(H2,14,16). The predicted octanol–water partition coefficient (Wildman–Crippen LogP) is 1.58. The number of hydrogen-bond acceptors (Lipinski definition) is 3. The van der Waals surface area contributed by atoms with Crippen molar-refractivity contribution in [3.63, 3.8) is 0 Å². The van der Waals surface area contributed by atoms with Crippen LogP contribution >= 0.6 is 0 Å². The summed E-state index contributed by atoms with van der Waals surface area (Å²) in [5.74, 6) is -0.310. The van der Waals surface area contributed by atoms with Gasteiger partial charge >= 0.3 is 0 Å². The summed E-state index contributed by atoms with van der Waals surface area (Å²) in [6.45, 7) is 7.90. The maximum absolute atomic E-state index is 11.6. The third-order valence-corrected chi connectivity index (χ3v) is 3.32. The van der Waals surface area contributed by atoms with Crippen molar-refractivity contribution in [2.24, 2.45) is 5.73 Å². The molecule has 1 aliphatic carbocycles. The number of hydrogen-bond donors (Lipinski definition) is 2. The van der Waals surface area contributed by atoms with E-state index >= 15 is 0 Å². The Kier molecular flexibility index (Phi) is 4.95. The van der Waals surface area contributed by atoms with Gasteiger partial charge in [-0.15, -0.1) is 0 Å². The van der Waals surface area contributed by atoms with E-state index in [1.807, 2.05) is 27.7 Å². The lowest BCUT2D eigenvalue weighted by molar-refractivity contribution is -0.127. The Bertz CT molecular complexity index is 264. The monoisotopic (exact) mass is 242 g/mol. The molecular formula is C13H26N2O2. The molecule has 17 heavy (non-hydrogen) atoms. The third-order valence-electron chi connectivity index (χ3n) is 3.32. The zero-order chi connectivity index (χ0) is 13.1. The van der Waals surface area contributed by atoms with Crippen molar-refractivity contribution in [1.29, 1.82) is 0 Å². The van der Waals surface area contributed by atoms with Crippen molar-refractivity contribution in [3.8, 4) is 0 Å². The Labute approximate surface area is 104 Å². The van der Waals surface area contributed by atoms with Crippen LogP contribution in [0.5, 0.6) is 0 Å². The topological polar surface area (TPSA) is 64.3 Å². The summed E-state index contributed by atoms with van der Waals surface area (Å²) in [6, 6.07) is 0.225. The van der Waals surface area contributed by atoms with Gasteiger partial charge in [0.25, 0.3) is 0 Å². The molecule has 0 spiro atoms. The molecule has 0 aromatic heterocycles. The van der Waals surface area contributed by atoms with Crippen LogP contribution in [0.15, 0.2) is 0 Å². The largest absolute Gasteiger partial charge is 0.375 e. The minimum absolute atomic E-state index is 0.0593. The molecule has 2 atom stereocenters. The van der Waals surface area contributed by atoms with Crippen molar-refractivity contribution in [2.75, 3.05) is 0 Å². The second-order valence-electron chi connectivity index (χ2n) is 5.70. The number of nitrogens with two attached hydrogens (primary N) is 1. The van der Waals surface area contributed by atoms with Crippen LogP contribution in [0.25, 0.3) is 0 Å². The molecule has 0 bridgehead atoms. The fraction of sp³-hybridized carbons (Fsp3) is 0.923. The zero-order valence-corrected chi connectivity index (χ0v) is 11.5. The Morgan fingerprint density at radius 3 is 2.41 bits per heavy atom. The SMILES string of the molecule is CC(C)NC(C)(CC(C)OC1CCC1)C(N)=O. The Morgan fingerprint density at radius 2 is 2.06 bits per heavy atom. The van der Waals surface area contributed by atoms with Gasteiger partial charge in [-0.05, 0) is 47.0 Å². The molecule has 1 saturated carbocycles. The Hall–Kier alpha value is -0.610. The molecule has 1 aliphatic rings. The van der Waals surface area contributed by atoms with Crippen LogP contribution in [0, 0.1) is 0 Å². The van der Waals surface area contributed by atoms with Crippen molar-refractivity contribution in [3.05, 3.63) is 0 Å². The van der Waals surface area contributed by atoms with Gasteiger partial charge < -0.3 is 15.8 Å². The first kappa shape index (κ1) is 14.5. The van der Waals surface area contributed by atoms with E-state index in [2.05, 4.69) is 5.32 Å². The summed E-state index contributed by atoms with van der Waals surface area (Å²) < 4.78 is 5.87. The fourth-order valence-corrected chi connectivity index (χ4v) is 2.33. The second kappa shape index (κ2) is 5.83. The average molecular weight is 242 g/mol. The van der Waals surface area contributed by atoms with Crippen molar-refractivity contribution >= 4 is 5.91 Å². The lowest BCUT2D eigenvalue weighted by Crippen LogP contribution is -2.57. The van der Waals surface area contributed by atoms with Gasteiger partial charge in [0.2, 0.25) is 5.91 Å². The molecule has 4 heteroatoms. The number of rotatable bonds is 7. The highest BCUT2D eigenvalue weighted by Gasteiger charge is 2.34. The predicted molar refractivity (Wildman–Crippen MR) is 68.7 cm³/mol. The number of primary amides is 1. The van der Waals surface area contributed by atoms with Gasteiger partial charge in [0.1, 0.15) is 0 Å². The minimum Gasteiger partial charge on any atom is -0.375 e. The molecule has 1 amide bonds. The van der Waals surface area contributed by atoms with Crippen molar-refractivity contribution in [1.82, 2.24) is 5.32 Å². The van der Waals surface area contributed by atoms with Crippen molar-refractivity contribution in [2.45, 2.75) is 77.2 Å². The molecule has 0 heterocycles. The molecule has 4 nitrogen and oxygen atoms in total.